The van der Waals surface area contributed by atoms with Gasteiger partial charge in [-0.1, -0.05) is 6.07 Å². The molecule has 0 saturated carbocycles. The van der Waals surface area contributed by atoms with E-state index in [-0.39, 0.29) is 18.3 Å². The first-order valence-corrected chi connectivity index (χ1v) is 10.6. The zero-order chi connectivity index (χ0) is 21.5. The Morgan fingerprint density at radius 2 is 1.67 bits per heavy atom. The highest BCUT2D eigenvalue weighted by atomic mass is 16.5. The molecule has 0 N–H and O–H groups in total. The fourth-order valence-corrected chi connectivity index (χ4v) is 4.23. The van der Waals surface area contributed by atoms with Crippen molar-refractivity contribution in [1.82, 2.24) is 4.90 Å². The molecule has 0 radical (unpaired) electrons. The van der Waals surface area contributed by atoms with Gasteiger partial charge in [0, 0.05) is 25.9 Å². The minimum atomic E-state index is -0.502. The first kappa shape index (κ1) is 20.5. The van der Waals surface area contributed by atoms with E-state index in [1.807, 2.05) is 62.9 Å². The van der Waals surface area contributed by atoms with Crippen LogP contribution < -0.4 is 9.47 Å². The Bertz CT molecular complexity index is 1000. The average Bonchev–Trinajstić information content (AvgIpc) is 2.71. The molecular formula is C25H29NO4. The molecule has 2 aromatic rings. The number of nitrogens with zero attached hydrogens (tertiary/aromatic N) is 1. The van der Waals surface area contributed by atoms with Crippen molar-refractivity contribution in [2.45, 2.75) is 52.6 Å². The Morgan fingerprint density at radius 3 is 2.37 bits per heavy atom. The molecule has 1 spiro atoms. The fourth-order valence-electron chi connectivity index (χ4n) is 4.23. The summed E-state index contributed by atoms with van der Waals surface area (Å²) in [6.07, 6.45) is 1.69. The van der Waals surface area contributed by atoms with Crippen molar-refractivity contribution in [2.75, 3.05) is 19.7 Å². The monoisotopic (exact) mass is 407 g/mol. The molecule has 0 aliphatic carbocycles. The van der Waals surface area contributed by atoms with Crippen LogP contribution in [0.25, 0.3) is 0 Å². The second-order valence-corrected chi connectivity index (χ2v) is 8.73. The summed E-state index contributed by atoms with van der Waals surface area (Å²) in [5.41, 5.74) is 4.75. The number of piperidine rings is 1. The average molecular weight is 408 g/mol. The van der Waals surface area contributed by atoms with Crippen LogP contribution in [-0.4, -0.2) is 41.9 Å². The van der Waals surface area contributed by atoms with Gasteiger partial charge < -0.3 is 14.4 Å². The number of carbonyl (C=O) groups is 2. The van der Waals surface area contributed by atoms with E-state index in [0.717, 1.165) is 16.7 Å². The van der Waals surface area contributed by atoms with E-state index in [1.165, 1.54) is 5.56 Å². The van der Waals surface area contributed by atoms with Crippen LogP contribution in [0, 0.1) is 27.7 Å². The normalized spacial score (nSPS) is 17.5. The summed E-state index contributed by atoms with van der Waals surface area (Å²) in [6.45, 7) is 9.29. The van der Waals surface area contributed by atoms with Gasteiger partial charge in [-0.2, -0.15) is 0 Å². The van der Waals surface area contributed by atoms with Crippen LogP contribution in [0.15, 0.2) is 30.3 Å². The van der Waals surface area contributed by atoms with E-state index in [9.17, 15) is 9.59 Å². The lowest BCUT2D eigenvalue weighted by Crippen LogP contribution is -2.53. The number of hydrogen-bond donors (Lipinski definition) is 0. The quantitative estimate of drug-likeness (QED) is 0.760. The first-order valence-electron chi connectivity index (χ1n) is 10.6. The number of fused-ring (bicyclic) bond motifs is 1. The fraction of sp³-hybridized carbons (Fsp3) is 0.440. The summed E-state index contributed by atoms with van der Waals surface area (Å²) in [5.74, 6) is 1.50. The van der Waals surface area contributed by atoms with Crippen LogP contribution in [0.3, 0.4) is 0 Å². The van der Waals surface area contributed by atoms with Gasteiger partial charge in [0.05, 0.1) is 12.0 Å². The molecule has 1 fully saturated rings. The van der Waals surface area contributed by atoms with E-state index >= 15 is 0 Å². The van der Waals surface area contributed by atoms with Crippen LogP contribution in [0.2, 0.25) is 0 Å². The number of Topliss-reactive ketones (excluding diaryl/α,β-unsaturated/α-hetero) is 1. The molecule has 0 aromatic heterocycles. The molecular weight excluding hydrogens is 378 g/mol. The zero-order valence-corrected chi connectivity index (χ0v) is 18.2. The third-order valence-electron chi connectivity index (χ3n) is 6.57. The SMILES string of the molecule is Cc1ccc(OCC(=O)N2CCC3(CC2)CC(=O)c2cc(C)c(C)cc2O3)cc1C. The maximum absolute atomic E-state index is 12.8. The smallest absolute Gasteiger partial charge is 0.260 e. The van der Waals surface area contributed by atoms with Crippen molar-refractivity contribution in [1.29, 1.82) is 0 Å². The van der Waals surface area contributed by atoms with E-state index in [2.05, 4.69) is 0 Å². The Kier molecular flexibility index (Phi) is 5.31. The van der Waals surface area contributed by atoms with Crippen molar-refractivity contribution in [3.8, 4) is 11.5 Å². The van der Waals surface area contributed by atoms with Crippen molar-refractivity contribution < 1.29 is 19.1 Å². The molecule has 0 bridgehead atoms. The van der Waals surface area contributed by atoms with Crippen LogP contribution in [0.1, 0.15) is 51.9 Å². The summed E-state index contributed by atoms with van der Waals surface area (Å²) >= 11 is 0. The third-order valence-corrected chi connectivity index (χ3v) is 6.57. The number of aryl methyl sites for hydroxylation is 4. The van der Waals surface area contributed by atoms with Gasteiger partial charge in [0.15, 0.2) is 12.4 Å². The van der Waals surface area contributed by atoms with Crippen molar-refractivity contribution >= 4 is 11.7 Å². The number of amides is 1. The number of hydrogen-bond acceptors (Lipinski definition) is 4. The van der Waals surface area contributed by atoms with Gasteiger partial charge >= 0.3 is 0 Å². The summed E-state index contributed by atoms with van der Waals surface area (Å²) in [4.78, 5) is 27.2. The second-order valence-electron chi connectivity index (χ2n) is 8.73. The van der Waals surface area contributed by atoms with Gasteiger partial charge in [0.25, 0.3) is 5.91 Å². The number of benzene rings is 2. The van der Waals surface area contributed by atoms with Gasteiger partial charge in [0.2, 0.25) is 0 Å². The third kappa shape index (κ3) is 3.93. The van der Waals surface area contributed by atoms with Gasteiger partial charge in [-0.25, -0.2) is 0 Å². The van der Waals surface area contributed by atoms with Crippen LogP contribution in [0.5, 0.6) is 11.5 Å². The maximum atomic E-state index is 12.8. The predicted molar refractivity (Wildman–Crippen MR) is 115 cm³/mol. The molecule has 5 heteroatoms. The van der Waals surface area contributed by atoms with Crippen LogP contribution in [0.4, 0.5) is 0 Å². The molecule has 30 heavy (non-hydrogen) atoms. The Hall–Kier alpha value is -2.82. The zero-order valence-electron chi connectivity index (χ0n) is 18.2. The first-order chi connectivity index (χ1) is 14.3. The Morgan fingerprint density at radius 1 is 1.00 bits per heavy atom. The van der Waals surface area contributed by atoms with Gasteiger partial charge in [0.1, 0.15) is 17.1 Å². The number of ether oxygens (including phenoxy) is 2. The van der Waals surface area contributed by atoms with Gasteiger partial charge in [-0.15, -0.1) is 0 Å². The molecule has 5 nitrogen and oxygen atoms in total. The number of likely N-dealkylation sites (tertiary alicyclic amines) is 1. The second kappa shape index (κ2) is 7.78. The summed E-state index contributed by atoms with van der Waals surface area (Å²) < 4.78 is 12.1. The molecule has 158 valence electrons. The lowest BCUT2D eigenvalue weighted by Gasteiger charge is -2.44. The van der Waals surface area contributed by atoms with E-state index in [0.29, 0.717) is 49.4 Å². The van der Waals surface area contributed by atoms with E-state index in [4.69, 9.17) is 9.47 Å². The number of ketones is 1. The lowest BCUT2D eigenvalue weighted by molar-refractivity contribution is -0.136. The standard InChI is InChI=1S/C25H29NO4/c1-16-5-6-20(11-17(16)2)29-15-24(28)26-9-7-25(8-10-26)14-22(27)21-12-18(3)19(4)13-23(21)30-25/h5-6,11-13H,7-10,14-15H2,1-4H3. The van der Waals surface area contributed by atoms with Crippen molar-refractivity contribution in [3.05, 3.63) is 58.1 Å². The molecule has 2 heterocycles. The van der Waals surface area contributed by atoms with Crippen LogP contribution in [-0.2, 0) is 4.79 Å². The predicted octanol–water partition coefficient (Wildman–Crippen LogP) is 4.33. The molecule has 0 atom stereocenters. The molecule has 1 amide bonds. The minimum absolute atomic E-state index is 0.0244. The highest BCUT2D eigenvalue weighted by Crippen LogP contribution is 2.40. The van der Waals surface area contributed by atoms with Gasteiger partial charge in [-0.05, 0) is 74.2 Å². The maximum Gasteiger partial charge on any atom is 0.260 e. The van der Waals surface area contributed by atoms with Crippen LogP contribution >= 0.6 is 0 Å². The molecule has 1 saturated heterocycles. The molecule has 4 rings (SSSR count). The molecule has 2 aliphatic rings. The summed E-state index contributed by atoms with van der Waals surface area (Å²) in [5, 5.41) is 0. The molecule has 2 aromatic carbocycles. The van der Waals surface area contributed by atoms with E-state index < -0.39 is 5.60 Å². The number of carbonyl (C=O) groups excluding carboxylic acids is 2. The van der Waals surface area contributed by atoms with E-state index in [1.54, 1.807) is 0 Å². The van der Waals surface area contributed by atoms with Crippen molar-refractivity contribution in [3.63, 3.8) is 0 Å². The highest BCUT2D eigenvalue weighted by molar-refractivity contribution is 6.00. The topological polar surface area (TPSA) is 55.8 Å². The lowest BCUT2D eigenvalue weighted by atomic mass is 9.82. The minimum Gasteiger partial charge on any atom is -0.486 e. The summed E-state index contributed by atoms with van der Waals surface area (Å²) in [7, 11) is 0. The molecule has 2 aliphatic heterocycles. The van der Waals surface area contributed by atoms with Gasteiger partial charge in [-0.3, -0.25) is 9.59 Å². The summed E-state index contributed by atoms with van der Waals surface area (Å²) in [6, 6.07) is 9.75. The number of rotatable bonds is 3. The Balaban J connectivity index is 1.37. The Labute approximate surface area is 178 Å². The molecule has 0 unspecified atom stereocenters. The van der Waals surface area contributed by atoms with Crippen molar-refractivity contribution in [2.24, 2.45) is 0 Å². The largest absolute Gasteiger partial charge is 0.486 e. The highest BCUT2D eigenvalue weighted by Gasteiger charge is 2.43.